The summed E-state index contributed by atoms with van der Waals surface area (Å²) in [6, 6.07) is 13.0. The van der Waals surface area contributed by atoms with Crippen molar-refractivity contribution in [2.75, 3.05) is 19.8 Å². The summed E-state index contributed by atoms with van der Waals surface area (Å²) in [6.07, 6.45) is 2.33. The monoisotopic (exact) mass is 404 g/mol. The molecule has 0 saturated carbocycles. The number of hydrogen-bond donors (Lipinski definition) is 2. The van der Waals surface area contributed by atoms with E-state index in [1.54, 1.807) is 24.4 Å². The lowest BCUT2D eigenvalue weighted by Crippen LogP contribution is -2.25. The summed E-state index contributed by atoms with van der Waals surface area (Å²) in [6.45, 7) is 5.77. The molecule has 0 aliphatic carbocycles. The van der Waals surface area contributed by atoms with Crippen LogP contribution in [0, 0.1) is 6.92 Å². The minimum absolute atomic E-state index is 0.161. The number of ether oxygens (including phenoxy) is 1. The SMILES string of the molecule is CCOCCCNC(=O)c1ccc2ncc3c(=O)n(-c4ccc(C)cc4)[nH]c3c2c1. The van der Waals surface area contributed by atoms with Crippen LogP contribution in [0.5, 0.6) is 0 Å². The summed E-state index contributed by atoms with van der Waals surface area (Å²) in [4.78, 5) is 29.8. The van der Waals surface area contributed by atoms with Gasteiger partial charge in [0.15, 0.2) is 0 Å². The fraction of sp³-hybridized carbons (Fsp3) is 0.261. The van der Waals surface area contributed by atoms with E-state index in [-0.39, 0.29) is 11.5 Å². The van der Waals surface area contributed by atoms with Crippen molar-refractivity contribution in [3.05, 3.63) is 70.1 Å². The van der Waals surface area contributed by atoms with Crippen molar-refractivity contribution in [3.8, 4) is 5.69 Å². The van der Waals surface area contributed by atoms with Crippen LogP contribution >= 0.6 is 0 Å². The number of aryl methyl sites for hydroxylation is 1. The summed E-state index contributed by atoms with van der Waals surface area (Å²) in [5, 5.41) is 7.31. The van der Waals surface area contributed by atoms with E-state index in [1.165, 1.54) is 4.68 Å². The number of H-pyrrole nitrogens is 1. The second-order valence-corrected chi connectivity index (χ2v) is 7.17. The average molecular weight is 404 g/mol. The molecule has 7 heteroatoms. The second-order valence-electron chi connectivity index (χ2n) is 7.17. The van der Waals surface area contributed by atoms with Crippen LogP contribution in [0.4, 0.5) is 0 Å². The molecule has 0 saturated heterocycles. The molecule has 0 aliphatic rings. The predicted octanol–water partition coefficient (Wildman–Crippen LogP) is 3.33. The van der Waals surface area contributed by atoms with Crippen molar-refractivity contribution in [2.45, 2.75) is 20.3 Å². The van der Waals surface area contributed by atoms with Crippen LogP contribution in [0.1, 0.15) is 29.3 Å². The lowest BCUT2D eigenvalue weighted by Gasteiger charge is -2.07. The fourth-order valence-corrected chi connectivity index (χ4v) is 3.40. The van der Waals surface area contributed by atoms with Gasteiger partial charge in [-0.2, -0.15) is 0 Å². The number of benzene rings is 2. The molecule has 154 valence electrons. The van der Waals surface area contributed by atoms with E-state index < -0.39 is 0 Å². The van der Waals surface area contributed by atoms with E-state index in [1.807, 2.05) is 38.1 Å². The van der Waals surface area contributed by atoms with Crippen LogP contribution in [0.3, 0.4) is 0 Å². The van der Waals surface area contributed by atoms with E-state index in [0.29, 0.717) is 41.7 Å². The normalized spacial score (nSPS) is 11.3. The lowest BCUT2D eigenvalue weighted by atomic mass is 10.1. The maximum atomic E-state index is 12.9. The number of aromatic amines is 1. The summed E-state index contributed by atoms with van der Waals surface area (Å²) in [5.74, 6) is -0.161. The molecule has 0 atom stereocenters. The molecule has 4 aromatic rings. The number of carbonyl (C=O) groups is 1. The number of nitrogens with zero attached hydrogens (tertiary/aromatic N) is 2. The zero-order valence-electron chi connectivity index (χ0n) is 17.1. The van der Waals surface area contributed by atoms with E-state index in [4.69, 9.17) is 4.74 Å². The Balaban J connectivity index is 1.69. The van der Waals surface area contributed by atoms with Gasteiger partial charge in [-0.05, 0) is 50.6 Å². The summed E-state index contributed by atoms with van der Waals surface area (Å²) in [7, 11) is 0. The van der Waals surface area contributed by atoms with Crippen LogP contribution in [0.15, 0.2) is 53.5 Å². The highest BCUT2D eigenvalue weighted by Gasteiger charge is 2.14. The fourth-order valence-electron chi connectivity index (χ4n) is 3.40. The van der Waals surface area contributed by atoms with E-state index in [0.717, 1.165) is 23.1 Å². The maximum Gasteiger partial charge on any atom is 0.280 e. The number of rotatable bonds is 7. The number of aromatic nitrogens is 3. The van der Waals surface area contributed by atoms with Gasteiger partial charge in [0.2, 0.25) is 0 Å². The van der Waals surface area contributed by atoms with Gasteiger partial charge in [-0.25, -0.2) is 4.68 Å². The predicted molar refractivity (Wildman–Crippen MR) is 117 cm³/mol. The van der Waals surface area contributed by atoms with Crippen LogP contribution < -0.4 is 10.9 Å². The third-order valence-electron chi connectivity index (χ3n) is 5.03. The van der Waals surface area contributed by atoms with Crippen molar-refractivity contribution in [1.29, 1.82) is 0 Å². The summed E-state index contributed by atoms with van der Waals surface area (Å²) in [5.41, 5.74) is 3.60. The van der Waals surface area contributed by atoms with Gasteiger partial charge in [-0.1, -0.05) is 17.7 Å². The molecular weight excluding hydrogens is 380 g/mol. The van der Waals surface area contributed by atoms with Crippen LogP contribution in [0.25, 0.3) is 27.5 Å². The first-order valence-corrected chi connectivity index (χ1v) is 10.0. The Kier molecular flexibility index (Phi) is 5.63. The largest absolute Gasteiger partial charge is 0.382 e. The Morgan fingerprint density at radius 1 is 1.17 bits per heavy atom. The molecule has 0 spiro atoms. The molecular formula is C23H24N4O3. The third-order valence-corrected chi connectivity index (χ3v) is 5.03. The molecule has 4 rings (SSSR count). The Labute approximate surface area is 173 Å². The minimum atomic E-state index is -0.172. The van der Waals surface area contributed by atoms with Gasteiger partial charge in [0, 0.05) is 36.9 Å². The molecule has 2 heterocycles. The van der Waals surface area contributed by atoms with Crippen LogP contribution in [0.2, 0.25) is 0 Å². The molecule has 7 nitrogen and oxygen atoms in total. The molecule has 2 aromatic heterocycles. The Hall–Kier alpha value is -3.45. The standard InChI is InChI=1S/C23H24N4O3/c1-3-30-12-4-11-24-22(28)16-7-10-20-18(13-16)21-19(14-25-20)23(29)27(26-21)17-8-5-15(2)6-9-17/h5-10,13-14,26H,3-4,11-12H2,1-2H3,(H,24,28). The van der Waals surface area contributed by atoms with Gasteiger partial charge in [0.05, 0.1) is 22.1 Å². The molecule has 0 radical (unpaired) electrons. The highest BCUT2D eigenvalue weighted by molar-refractivity contribution is 6.06. The highest BCUT2D eigenvalue weighted by atomic mass is 16.5. The van der Waals surface area contributed by atoms with E-state index >= 15 is 0 Å². The van der Waals surface area contributed by atoms with Gasteiger partial charge >= 0.3 is 0 Å². The number of carbonyl (C=O) groups excluding carboxylic acids is 1. The Morgan fingerprint density at radius 2 is 1.97 bits per heavy atom. The van der Waals surface area contributed by atoms with Crippen molar-refractivity contribution in [1.82, 2.24) is 20.1 Å². The zero-order chi connectivity index (χ0) is 21.1. The number of nitrogens with one attached hydrogen (secondary N) is 2. The molecule has 2 aromatic carbocycles. The maximum absolute atomic E-state index is 12.9. The second kappa shape index (κ2) is 8.51. The number of hydrogen-bond acceptors (Lipinski definition) is 4. The lowest BCUT2D eigenvalue weighted by molar-refractivity contribution is 0.0944. The van der Waals surface area contributed by atoms with Gasteiger partial charge in [-0.15, -0.1) is 0 Å². The first kappa shape index (κ1) is 19.8. The highest BCUT2D eigenvalue weighted by Crippen LogP contribution is 2.22. The van der Waals surface area contributed by atoms with E-state index in [2.05, 4.69) is 15.4 Å². The van der Waals surface area contributed by atoms with E-state index in [9.17, 15) is 9.59 Å². The average Bonchev–Trinajstić information content (AvgIpc) is 3.10. The quantitative estimate of drug-likeness (QED) is 0.463. The van der Waals surface area contributed by atoms with Crippen molar-refractivity contribution < 1.29 is 9.53 Å². The van der Waals surface area contributed by atoms with Gasteiger partial charge in [0.25, 0.3) is 11.5 Å². The molecule has 0 bridgehead atoms. The topological polar surface area (TPSA) is 89.0 Å². The molecule has 2 N–H and O–H groups in total. The first-order chi connectivity index (χ1) is 14.6. The molecule has 0 fully saturated rings. The summed E-state index contributed by atoms with van der Waals surface area (Å²) < 4.78 is 6.79. The summed E-state index contributed by atoms with van der Waals surface area (Å²) >= 11 is 0. The van der Waals surface area contributed by atoms with Gasteiger partial charge < -0.3 is 10.1 Å². The number of pyridine rings is 1. The number of amides is 1. The zero-order valence-corrected chi connectivity index (χ0v) is 17.1. The van der Waals surface area contributed by atoms with Gasteiger partial charge in [0.1, 0.15) is 0 Å². The van der Waals surface area contributed by atoms with Gasteiger partial charge in [-0.3, -0.25) is 19.7 Å². The molecule has 30 heavy (non-hydrogen) atoms. The molecule has 0 unspecified atom stereocenters. The van der Waals surface area contributed by atoms with Crippen LogP contribution in [-0.4, -0.2) is 40.4 Å². The number of fused-ring (bicyclic) bond motifs is 3. The van der Waals surface area contributed by atoms with Crippen molar-refractivity contribution in [3.63, 3.8) is 0 Å². The first-order valence-electron chi connectivity index (χ1n) is 10.0. The smallest absolute Gasteiger partial charge is 0.280 e. The molecule has 1 amide bonds. The minimum Gasteiger partial charge on any atom is -0.382 e. The van der Waals surface area contributed by atoms with Crippen molar-refractivity contribution in [2.24, 2.45) is 0 Å². The van der Waals surface area contributed by atoms with Crippen molar-refractivity contribution >= 4 is 27.7 Å². The Morgan fingerprint density at radius 3 is 2.73 bits per heavy atom. The van der Waals surface area contributed by atoms with Crippen LogP contribution in [-0.2, 0) is 4.74 Å². The molecule has 0 aliphatic heterocycles. The third kappa shape index (κ3) is 3.84. The Bertz CT molecular complexity index is 1260.